The Kier molecular flexibility index (Phi) is 32.2. The molecule has 8 aromatic carbocycles. The average molecular weight is 1580 g/mol. The van der Waals surface area contributed by atoms with E-state index in [1.807, 2.05) is 17.8 Å². The Morgan fingerprint density at radius 3 is 1.16 bits per heavy atom. The maximum absolute atomic E-state index is 6.06. The zero-order valence-electron chi connectivity index (χ0n) is 79.4. The molecule has 0 saturated heterocycles. The molecule has 0 aliphatic heterocycles. The summed E-state index contributed by atoms with van der Waals surface area (Å²) < 4.78 is 6.06. The zero-order chi connectivity index (χ0) is 85.5. The van der Waals surface area contributed by atoms with Crippen molar-refractivity contribution >= 4 is 11.8 Å². The quantitative estimate of drug-likeness (QED) is 0.0626. The second-order valence-electron chi connectivity index (χ2n) is 44.2. The van der Waals surface area contributed by atoms with Crippen LogP contribution in [0.3, 0.4) is 0 Å². The van der Waals surface area contributed by atoms with E-state index in [0.717, 1.165) is 18.8 Å². The van der Waals surface area contributed by atoms with Gasteiger partial charge in [0, 0.05) is 16.1 Å². The van der Waals surface area contributed by atoms with Gasteiger partial charge < -0.3 is 4.74 Å². The van der Waals surface area contributed by atoms with Gasteiger partial charge in [-0.3, -0.25) is 0 Å². The molecule has 0 unspecified atom stereocenters. The summed E-state index contributed by atoms with van der Waals surface area (Å²) in [5.74, 6) is 2.29. The fraction of sp³-hybridized carbons (Fsp3) is 0.579. The van der Waals surface area contributed by atoms with Gasteiger partial charge in [0.1, 0.15) is 5.75 Å². The highest BCUT2D eigenvalue weighted by molar-refractivity contribution is 7.99. The van der Waals surface area contributed by atoms with E-state index >= 15 is 0 Å². The van der Waals surface area contributed by atoms with Crippen LogP contribution in [-0.4, -0.2) is 12.4 Å². The molecule has 5 fully saturated rings. The summed E-state index contributed by atoms with van der Waals surface area (Å²) in [7, 11) is 0. The van der Waals surface area contributed by atoms with Crippen LogP contribution >= 0.6 is 11.8 Å². The predicted octanol–water partition coefficient (Wildman–Crippen LogP) is 34.0. The summed E-state index contributed by atoms with van der Waals surface area (Å²) in [5.41, 5.74) is 22.5. The highest BCUT2D eigenvalue weighted by atomic mass is 32.2. The molecular weight excluding hydrogens is 1420 g/mol. The summed E-state index contributed by atoms with van der Waals surface area (Å²) in [4.78, 5) is 1.46. The highest BCUT2D eigenvalue weighted by Gasteiger charge is 2.52. The van der Waals surface area contributed by atoms with Crippen LogP contribution in [0.25, 0.3) is 0 Å². The summed E-state index contributed by atoms with van der Waals surface area (Å²) in [5, 5.41) is 0. The Hall–Kier alpha value is -6.09. The molecule has 0 spiro atoms. The Labute approximate surface area is 718 Å². The Bertz CT molecular complexity index is 4150. The fourth-order valence-electron chi connectivity index (χ4n) is 21.6. The zero-order valence-corrected chi connectivity index (χ0v) is 80.2. The molecule has 13 rings (SSSR count). The topological polar surface area (TPSA) is 9.23 Å². The molecular formula is C114H166OS. The van der Waals surface area contributed by atoms with Gasteiger partial charge in [-0.25, -0.2) is 0 Å². The number of ether oxygens (including phenoxy) is 1. The molecule has 2 heteroatoms. The van der Waals surface area contributed by atoms with Crippen LogP contribution in [0.1, 0.15) is 348 Å². The summed E-state index contributed by atoms with van der Waals surface area (Å²) in [6.07, 6.45) is 29.4. The molecule has 0 amide bonds. The van der Waals surface area contributed by atoms with Crippen LogP contribution in [0, 0.1) is 95.7 Å². The third-order valence-electron chi connectivity index (χ3n) is 33.4. The number of hydrogen-bond acceptors (Lipinski definition) is 2. The molecule has 5 atom stereocenters. The molecule has 0 radical (unpaired) electrons. The Morgan fingerprint density at radius 2 is 0.707 bits per heavy atom. The van der Waals surface area contributed by atoms with Gasteiger partial charge in [0.2, 0.25) is 0 Å². The number of thioether (sulfide) groups is 1. The van der Waals surface area contributed by atoms with Gasteiger partial charge in [-0.2, -0.15) is 0 Å². The summed E-state index contributed by atoms with van der Waals surface area (Å²) >= 11 is 2.05. The maximum atomic E-state index is 6.06. The van der Waals surface area contributed by atoms with Crippen LogP contribution in [0.5, 0.6) is 5.75 Å². The summed E-state index contributed by atoms with van der Waals surface area (Å²) in [6, 6.07) is 74.7. The van der Waals surface area contributed by atoms with Crippen LogP contribution < -0.4 is 4.74 Å². The van der Waals surface area contributed by atoms with Gasteiger partial charge in [-0.15, -0.1) is 11.8 Å². The largest absolute Gasteiger partial charge is 0.493 e. The predicted molar refractivity (Wildman–Crippen MR) is 512 cm³/mol. The monoisotopic (exact) mass is 1580 g/mol. The SMILES string of the molecule is Cc1ccccc1C(C)(C)C[C@](C)(c1ccccc1)C1(C)CCCC1.Cc1ccccc1C(C)(C)C[C@]1(C)CCCC1(C)C.Cc1ccccc1CCC(C)(C)C(C)(C)c1ccccc1.Cc1ccccc1CC[C@]1(C)CCCC1(C)C.Cc1ccccc1OC[C@]1(C)CCCC1(C)C.Cc1ccccc1SC[C@]1(C)CCCC1(C)C. The maximum Gasteiger partial charge on any atom is 0.122 e. The van der Waals surface area contributed by atoms with Crippen molar-refractivity contribution in [3.05, 3.63) is 273 Å². The minimum Gasteiger partial charge on any atom is -0.493 e. The van der Waals surface area contributed by atoms with E-state index in [4.69, 9.17) is 4.74 Å². The van der Waals surface area contributed by atoms with Crippen molar-refractivity contribution in [1.29, 1.82) is 0 Å². The molecule has 0 heterocycles. The highest BCUT2D eigenvalue weighted by Crippen LogP contribution is 2.61. The lowest BCUT2D eigenvalue weighted by Crippen LogP contribution is -2.44. The van der Waals surface area contributed by atoms with Crippen molar-refractivity contribution in [2.45, 2.75) is 362 Å². The first-order chi connectivity index (χ1) is 54.1. The molecule has 0 bridgehead atoms. The fourth-order valence-corrected chi connectivity index (χ4v) is 23.0. The van der Waals surface area contributed by atoms with Gasteiger partial charge in [-0.05, 0) is 294 Å². The number of aryl methyl sites for hydroxylation is 8. The Morgan fingerprint density at radius 1 is 0.328 bits per heavy atom. The molecule has 5 aliphatic carbocycles. The van der Waals surface area contributed by atoms with E-state index in [2.05, 4.69) is 394 Å². The molecule has 0 N–H and O–H groups in total. The first-order valence-electron chi connectivity index (χ1n) is 45.8. The van der Waals surface area contributed by atoms with E-state index in [1.165, 1.54) is 212 Å². The van der Waals surface area contributed by atoms with Crippen molar-refractivity contribution in [3.8, 4) is 5.75 Å². The minimum atomic E-state index is 0.154. The normalized spacial score (nSPS) is 22.8. The molecule has 0 aromatic heterocycles. The van der Waals surface area contributed by atoms with E-state index in [1.54, 1.807) is 0 Å². The third kappa shape index (κ3) is 23.1. The lowest BCUT2D eigenvalue weighted by atomic mass is 9.54. The van der Waals surface area contributed by atoms with Crippen LogP contribution in [0.15, 0.2) is 211 Å². The number of benzene rings is 8. The second-order valence-corrected chi connectivity index (χ2v) is 45.3. The first kappa shape index (κ1) is 95.4. The number of para-hydroxylation sites is 1. The average Bonchev–Trinajstić information content (AvgIpc) is 0.772. The van der Waals surface area contributed by atoms with Gasteiger partial charge >= 0.3 is 0 Å². The Balaban J connectivity index is 0.000000175. The standard InChI is InChI=1S/C25H34.C21H28.C19H30.C17H26.C16H24O.C16H24S/c1-20-13-9-10-16-22(20)23(2,3)19-25(5,21-14-7-6-8-15-21)24(4)17-11-12-18-24;1-17-11-9-10-12-18(17)15-16-20(2,3)21(4,5)19-13-7-6-8-14-19;1-15-10-7-8-11-16(15)17(2,3)14-19(6)13-9-12-18(19,4)5;1-14-8-5-6-9-15(14)10-13-17(4)12-7-11-16(17,2)3;2*1-13-8-5-6-9-14(13)17-12-16(4)11-7-10-15(16,2)3/h6-10,13-16H,11-12,17-19H2,1-5H3;6-14H,15-16H2,1-5H3;7-8,10-11H,9,12-14H2,1-6H3;5-6,8-9H,7,10-13H2,1-4H3;2*5-6,8-9H,7,10-12H2,1-4H3/t25-;;19-;17-;2*16-/m1.0000/s1. The number of rotatable bonds is 22. The van der Waals surface area contributed by atoms with Gasteiger partial charge in [0.15, 0.2) is 0 Å². The third-order valence-corrected chi connectivity index (χ3v) is 35.0. The van der Waals surface area contributed by atoms with Crippen LogP contribution in [0.4, 0.5) is 0 Å². The van der Waals surface area contributed by atoms with E-state index in [0.29, 0.717) is 48.7 Å². The molecule has 5 aliphatic rings. The van der Waals surface area contributed by atoms with Crippen LogP contribution in [0.2, 0.25) is 0 Å². The van der Waals surface area contributed by atoms with Crippen molar-refractivity contribution < 1.29 is 4.74 Å². The van der Waals surface area contributed by atoms with Gasteiger partial charge in [-0.1, -0.05) is 385 Å². The van der Waals surface area contributed by atoms with Gasteiger partial charge in [0.25, 0.3) is 0 Å². The van der Waals surface area contributed by atoms with E-state index in [9.17, 15) is 0 Å². The molecule has 634 valence electrons. The van der Waals surface area contributed by atoms with E-state index in [-0.39, 0.29) is 27.1 Å². The molecule has 116 heavy (non-hydrogen) atoms. The molecule has 1 nitrogen and oxygen atoms in total. The van der Waals surface area contributed by atoms with Crippen molar-refractivity contribution in [1.82, 2.24) is 0 Å². The minimum absolute atomic E-state index is 0.154. The van der Waals surface area contributed by atoms with Crippen LogP contribution in [-0.2, 0) is 34.5 Å². The molecule has 8 aromatic rings. The number of hydrogen-bond donors (Lipinski definition) is 0. The summed E-state index contributed by atoms with van der Waals surface area (Å²) in [6.45, 7) is 67.8. The first-order valence-corrected chi connectivity index (χ1v) is 46.8. The van der Waals surface area contributed by atoms with Crippen molar-refractivity contribution in [2.24, 2.45) is 54.1 Å². The van der Waals surface area contributed by atoms with Gasteiger partial charge in [0.05, 0.1) is 6.61 Å². The lowest BCUT2D eigenvalue weighted by molar-refractivity contribution is 0.0618. The lowest BCUT2D eigenvalue weighted by Gasteiger charge is -2.49. The van der Waals surface area contributed by atoms with Crippen molar-refractivity contribution in [2.75, 3.05) is 12.4 Å². The van der Waals surface area contributed by atoms with E-state index < -0.39 is 0 Å². The second kappa shape index (κ2) is 39.2. The smallest absolute Gasteiger partial charge is 0.122 e. The molecule has 5 saturated carbocycles. The van der Waals surface area contributed by atoms with Crippen molar-refractivity contribution in [3.63, 3.8) is 0 Å².